The van der Waals surface area contributed by atoms with E-state index < -0.39 is 0 Å². The molecule has 1 fully saturated rings. The summed E-state index contributed by atoms with van der Waals surface area (Å²) < 4.78 is 0. The van der Waals surface area contributed by atoms with E-state index in [2.05, 4.69) is 45.0 Å². The summed E-state index contributed by atoms with van der Waals surface area (Å²) in [4.78, 5) is 2.67. The van der Waals surface area contributed by atoms with Gasteiger partial charge < -0.3 is 5.32 Å². The van der Waals surface area contributed by atoms with Crippen molar-refractivity contribution in [2.45, 2.75) is 84.2 Å². The number of rotatable bonds is 7. The summed E-state index contributed by atoms with van der Waals surface area (Å²) in [6.45, 7) is 11.8. The molecule has 2 unspecified atom stereocenters. The Kier molecular flexibility index (Phi) is 7.38. The highest BCUT2D eigenvalue weighted by Crippen LogP contribution is 2.34. The predicted molar refractivity (Wildman–Crippen MR) is 85.7 cm³/mol. The van der Waals surface area contributed by atoms with Gasteiger partial charge in [-0.3, -0.25) is 4.90 Å². The zero-order valence-corrected chi connectivity index (χ0v) is 14.0. The van der Waals surface area contributed by atoms with E-state index >= 15 is 0 Å². The first-order valence-corrected chi connectivity index (χ1v) is 8.56. The first kappa shape index (κ1) is 17.0. The van der Waals surface area contributed by atoms with E-state index in [1.807, 2.05) is 0 Å². The molecule has 0 radical (unpaired) electrons. The average Bonchev–Trinajstić information content (AvgIpc) is 2.70. The second kappa shape index (κ2) is 8.26. The van der Waals surface area contributed by atoms with E-state index in [9.17, 15) is 0 Å². The lowest BCUT2D eigenvalue weighted by Crippen LogP contribution is -2.61. The molecule has 1 aliphatic carbocycles. The van der Waals surface area contributed by atoms with Gasteiger partial charge in [0, 0.05) is 11.6 Å². The lowest BCUT2D eigenvalue weighted by atomic mass is 9.76. The van der Waals surface area contributed by atoms with Crippen LogP contribution < -0.4 is 5.32 Å². The molecule has 0 saturated heterocycles. The summed E-state index contributed by atoms with van der Waals surface area (Å²) in [6.07, 6.45) is 9.82. The van der Waals surface area contributed by atoms with Crippen LogP contribution in [0.1, 0.15) is 72.6 Å². The zero-order chi connectivity index (χ0) is 14.3. The van der Waals surface area contributed by atoms with E-state index in [1.165, 1.54) is 44.9 Å². The molecule has 0 amide bonds. The summed E-state index contributed by atoms with van der Waals surface area (Å²) in [5.41, 5.74) is 0.299. The van der Waals surface area contributed by atoms with Crippen molar-refractivity contribution in [1.29, 1.82) is 0 Å². The second-order valence-corrected chi connectivity index (χ2v) is 6.40. The van der Waals surface area contributed by atoms with Crippen LogP contribution in [0.25, 0.3) is 0 Å². The lowest BCUT2D eigenvalue weighted by Gasteiger charge is -2.48. The molecular formula is C17H36N2. The standard InChI is InChI=1S/C17H36N2/c1-6-17(4,19(7-2)8-3)16(18-5)15-13-11-9-10-12-14-15/h15-16,18H,6-14H2,1-5H3. The summed E-state index contributed by atoms with van der Waals surface area (Å²) in [7, 11) is 2.17. The molecule has 0 aromatic carbocycles. The number of hydrogen-bond acceptors (Lipinski definition) is 2. The van der Waals surface area contributed by atoms with Gasteiger partial charge in [-0.05, 0) is 52.2 Å². The molecule has 1 aliphatic rings. The van der Waals surface area contributed by atoms with Crippen molar-refractivity contribution in [3.63, 3.8) is 0 Å². The minimum absolute atomic E-state index is 0.299. The topological polar surface area (TPSA) is 15.3 Å². The number of hydrogen-bond donors (Lipinski definition) is 1. The molecule has 1 saturated carbocycles. The van der Waals surface area contributed by atoms with E-state index in [4.69, 9.17) is 0 Å². The maximum absolute atomic E-state index is 3.70. The Balaban J connectivity index is 2.89. The Morgan fingerprint density at radius 3 is 1.95 bits per heavy atom. The largest absolute Gasteiger partial charge is 0.315 e. The maximum Gasteiger partial charge on any atom is 0.0334 e. The van der Waals surface area contributed by atoms with Crippen LogP contribution in [0.3, 0.4) is 0 Å². The van der Waals surface area contributed by atoms with Crippen LogP contribution in [0, 0.1) is 5.92 Å². The van der Waals surface area contributed by atoms with Gasteiger partial charge in [-0.1, -0.05) is 46.5 Å². The van der Waals surface area contributed by atoms with Gasteiger partial charge in [0.1, 0.15) is 0 Å². The molecule has 0 bridgehead atoms. The third kappa shape index (κ3) is 3.95. The fourth-order valence-corrected chi connectivity index (χ4v) is 4.28. The third-order valence-corrected chi connectivity index (χ3v) is 5.55. The van der Waals surface area contributed by atoms with Gasteiger partial charge in [0.25, 0.3) is 0 Å². The highest BCUT2D eigenvalue weighted by atomic mass is 15.2. The van der Waals surface area contributed by atoms with Gasteiger partial charge in [0.05, 0.1) is 0 Å². The maximum atomic E-state index is 3.70. The zero-order valence-electron chi connectivity index (χ0n) is 14.0. The van der Waals surface area contributed by atoms with E-state index in [-0.39, 0.29) is 0 Å². The van der Waals surface area contributed by atoms with Crippen molar-refractivity contribution in [3.8, 4) is 0 Å². The molecule has 2 atom stereocenters. The Morgan fingerprint density at radius 2 is 1.58 bits per heavy atom. The first-order valence-electron chi connectivity index (χ1n) is 8.56. The first-order chi connectivity index (χ1) is 9.13. The second-order valence-electron chi connectivity index (χ2n) is 6.40. The average molecular weight is 268 g/mol. The fraction of sp³-hybridized carbons (Fsp3) is 1.00. The molecule has 1 N–H and O–H groups in total. The van der Waals surface area contributed by atoms with Gasteiger partial charge in [0.2, 0.25) is 0 Å². The summed E-state index contributed by atoms with van der Waals surface area (Å²) in [5, 5.41) is 3.70. The Morgan fingerprint density at radius 1 is 1.05 bits per heavy atom. The highest BCUT2D eigenvalue weighted by molar-refractivity contribution is 4.99. The minimum Gasteiger partial charge on any atom is -0.315 e. The smallest absolute Gasteiger partial charge is 0.0334 e. The van der Waals surface area contributed by atoms with Crippen molar-refractivity contribution in [1.82, 2.24) is 10.2 Å². The summed E-state index contributed by atoms with van der Waals surface area (Å²) in [5.74, 6) is 0.859. The molecule has 0 aromatic rings. The van der Waals surface area contributed by atoms with Crippen molar-refractivity contribution >= 4 is 0 Å². The van der Waals surface area contributed by atoms with Gasteiger partial charge in [0.15, 0.2) is 0 Å². The SMILES string of the molecule is CCN(CC)C(C)(CC)C(NC)C1CCCCCC1. The predicted octanol–water partition coefficient (Wildman–Crippen LogP) is 4.06. The Bertz CT molecular complexity index is 229. The van der Waals surface area contributed by atoms with Gasteiger partial charge in [-0.25, -0.2) is 0 Å². The van der Waals surface area contributed by atoms with Crippen LogP contribution in [0.5, 0.6) is 0 Å². The minimum atomic E-state index is 0.299. The van der Waals surface area contributed by atoms with Crippen LogP contribution in [0.2, 0.25) is 0 Å². The van der Waals surface area contributed by atoms with Crippen molar-refractivity contribution < 1.29 is 0 Å². The van der Waals surface area contributed by atoms with Crippen LogP contribution in [-0.4, -0.2) is 36.6 Å². The summed E-state index contributed by atoms with van der Waals surface area (Å²) >= 11 is 0. The molecule has 0 heterocycles. The third-order valence-electron chi connectivity index (χ3n) is 5.55. The molecule has 114 valence electrons. The number of likely N-dealkylation sites (N-methyl/N-ethyl adjacent to an activating group) is 2. The van der Waals surface area contributed by atoms with Gasteiger partial charge in [-0.2, -0.15) is 0 Å². The fourth-order valence-electron chi connectivity index (χ4n) is 4.28. The molecule has 0 aliphatic heterocycles. The lowest BCUT2D eigenvalue weighted by molar-refractivity contribution is 0.0451. The van der Waals surface area contributed by atoms with E-state index in [0.29, 0.717) is 11.6 Å². The number of nitrogens with zero attached hydrogens (tertiary/aromatic N) is 1. The quantitative estimate of drug-likeness (QED) is 0.701. The van der Waals surface area contributed by atoms with Crippen molar-refractivity contribution in [2.75, 3.05) is 20.1 Å². The van der Waals surface area contributed by atoms with E-state index in [1.54, 1.807) is 0 Å². The number of nitrogens with one attached hydrogen (secondary N) is 1. The van der Waals surface area contributed by atoms with Crippen LogP contribution in [0.4, 0.5) is 0 Å². The molecule has 2 nitrogen and oxygen atoms in total. The van der Waals surface area contributed by atoms with Gasteiger partial charge in [-0.15, -0.1) is 0 Å². The molecule has 0 aromatic heterocycles. The Hall–Kier alpha value is -0.0800. The van der Waals surface area contributed by atoms with Crippen LogP contribution in [0.15, 0.2) is 0 Å². The van der Waals surface area contributed by atoms with Crippen molar-refractivity contribution in [3.05, 3.63) is 0 Å². The molecular weight excluding hydrogens is 232 g/mol. The monoisotopic (exact) mass is 268 g/mol. The molecule has 19 heavy (non-hydrogen) atoms. The highest BCUT2D eigenvalue weighted by Gasteiger charge is 2.40. The van der Waals surface area contributed by atoms with Crippen LogP contribution in [-0.2, 0) is 0 Å². The van der Waals surface area contributed by atoms with Crippen LogP contribution >= 0.6 is 0 Å². The normalized spacial score (nSPS) is 23.1. The molecule has 2 heteroatoms. The Labute approximate surface area is 121 Å². The van der Waals surface area contributed by atoms with Crippen molar-refractivity contribution in [2.24, 2.45) is 5.92 Å². The molecule has 1 rings (SSSR count). The summed E-state index contributed by atoms with van der Waals surface area (Å²) in [6, 6.07) is 0.635. The van der Waals surface area contributed by atoms with Gasteiger partial charge >= 0.3 is 0 Å². The molecule has 0 spiro atoms. The van der Waals surface area contributed by atoms with E-state index in [0.717, 1.165) is 19.0 Å².